The molecule has 0 amide bonds. The first-order valence-corrected chi connectivity index (χ1v) is 10.6. The van der Waals surface area contributed by atoms with Crippen molar-refractivity contribution in [1.29, 1.82) is 0 Å². The van der Waals surface area contributed by atoms with Crippen molar-refractivity contribution in [3.05, 3.63) is 77.5 Å². The van der Waals surface area contributed by atoms with Gasteiger partial charge in [-0.2, -0.15) is 0 Å². The summed E-state index contributed by atoms with van der Waals surface area (Å²) in [6.45, 7) is 2.26. The first-order valence-electron chi connectivity index (χ1n) is 10.6. The van der Waals surface area contributed by atoms with Crippen LogP contribution in [0, 0.1) is 5.82 Å². The summed E-state index contributed by atoms with van der Waals surface area (Å²) < 4.78 is 24.9. The predicted octanol–water partition coefficient (Wildman–Crippen LogP) is 4.06. The fraction of sp³-hybridized carbons (Fsp3) is 0.200. The van der Waals surface area contributed by atoms with E-state index in [2.05, 4.69) is 20.3 Å². The summed E-state index contributed by atoms with van der Waals surface area (Å²) in [7, 11) is 3.12. The summed E-state index contributed by atoms with van der Waals surface area (Å²) in [4.78, 5) is 25.5. The smallest absolute Gasteiger partial charge is 0.338 e. The molecule has 0 aliphatic carbocycles. The summed E-state index contributed by atoms with van der Waals surface area (Å²) in [6.07, 6.45) is 4.44. The Labute approximate surface area is 196 Å². The van der Waals surface area contributed by atoms with Gasteiger partial charge in [-0.15, -0.1) is 0 Å². The molecule has 1 aromatic carbocycles. The van der Waals surface area contributed by atoms with Gasteiger partial charge in [0.15, 0.2) is 11.6 Å². The number of rotatable bonds is 7. The first kappa shape index (κ1) is 23.1. The van der Waals surface area contributed by atoms with Crippen LogP contribution < -0.4 is 15.8 Å². The van der Waals surface area contributed by atoms with E-state index in [0.717, 1.165) is 27.7 Å². The molecule has 3 aromatic heterocycles. The van der Waals surface area contributed by atoms with Crippen molar-refractivity contribution in [2.24, 2.45) is 0 Å². The number of esters is 1. The third kappa shape index (κ3) is 4.51. The molecule has 0 fully saturated rings. The maximum Gasteiger partial charge on any atom is 0.338 e. The number of hydrogen-bond donors (Lipinski definition) is 2. The van der Waals surface area contributed by atoms with Crippen LogP contribution in [0.3, 0.4) is 0 Å². The molecule has 0 bridgehead atoms. The number of methoxy groups -OCH3 is 1. The number of hydrogen-bond acceptors (Lipinski definition) is 8. The molecule has 3 N–H and O–H groups in total. The van der Waals surface area contributed by atoms with Crippen LogP contribution in [-0.4, -0.2) is 35.1 Å². The summed E-state index contributed by atoms with van der Waals surface area (Å²) >= 11 is 0. The molecule has 8 nitrogen and oxygen atoms in total. The molecule has 0 aliphatic heterocycles. The van der Waals surface area contributed by atoms with Crippen molar-refractivity contribution in [2.75, 3.05) is 19.9 Å². The molecular formula is C25H24FN5O3. The van der Waals surface area contributed by atoms with Gasteiger partial charge in [0.2, 0.25) is 0 Å². The number of nitrogens with one attached hydrogen (secondary N) is 1. The molecule has 1 unspecified atom stereocenters. The number of nitrogens with two attached hydrogens (primary N) is 1. The number of halogens is 1. The van der Waals surface area contributed by atoms with Crippen molar-refractivity contribution >= 4 is 22.8 Å². The lowest BCUT2D eigenvalue weighted by molar-refractivity contribution is 0.0595. The summed E-state index contributed by atoms with van der Waals surface area (Å²) in [6, 6.07) is 9.29. The van der Waals surface area contributed by atoms with Gasteiger partial charge in [0, 0.05) is 41.8 Å². The van der Waals surface area contributed by atoms with Crippen molar-refractivity contribution in [3.63, 3.8) is 0 Å². The normalized spacial score (nSPS) is 11.9. The van der Waals surface area contributed by atoms with Crippen molar-refractivity contribution < 1.29 is 18.7 Å². The average molecular weight is 461 g/mol. The zero-order valence-electron chi connectivity index (χ0n) is 19.0. The minimum atomic E-state index is -0.715. The summed E-state index contributed by atoms with van der Waals surface area (Å²) in [5.74, 6) is -0.630. The Hall–Kier alpha value is -4.11. The van der Waals surface area contributed by atoms with Gasteiger partial charge in [-0.05, 0) is 55.9 Å². The quantitative estimate of drug-likeness (QED) is 0.396. The highest BCUT2D eigenvalue weighted by atomic mass is 19.1. The van der Waals surface area contributed by atoms with Crippen molar-refractivity contribution in [1.82, 2.24) is 20.3 Å². The SMILES string of the molecule is CNCc1cnc2cccnc2c1-c1cnc(N)c(OC(C)c2cc(F)ccc2C(=O)OC)c1. The summed E-state index contributed by atoms with van der Waals surface area (Å²) in [5, 5.41) is 3.14. The summed E-state index contributed by atoms with van der Waals surface area (Å²) in [5.41, 5.74) is 10.6. The molecule has 0 spiro atoms. The maximum absolute atomic E-state index is 14.0. The van der Waals surface area contributed by atoms with Gasteiger partial charge < -0.3 is 20.5 Å². The molecule has 174 valence electrons. The van der Waals surface area contributed by atoms with Crippen LogP contribution >= 0.6 is 0 Å². The van der Waals surface area contributed by atoms with E-state index in [0.29, 0.717) is 17.9 Å². The van der Waals surface area contributed by atoms with E-state index in [1.807, 2.05) is 19.2 Å². The molecule has 0 radical (unpaired) electrons. The first-order chi connectivity index (χ1) is 16.4. The minimum Gasteiger partial charge on any atom is -0.482 e. The lowest BCUT2D eigenvalue weighted by Crippen LogP contribution is -2.13. The van der Waals surface area contributed by atoms with E-state index in [1.165, 1.54) is 25.3 Å². The molecule has 3 heterocycles. The number of nitrogens with zero attached hydrogens (tertiary/aromatic N) is 3. The van der Waals surface area contributed by atoms with Gasteiger partial charge in [-0.3, -0.25) is 9.97 Å². The molecule has 4 aromatic rings. The monoisotopic (exact) mass is 461 g/mol. The molecule has 1 atom stereocenters. The Morgan fingerprint density at radius 2 is 2.00 bits per heavy atom. The molecular weight excluding hydrogens is 437 g/mol. The Morgan fingerprint density at radius 1 is 1.18 bits per heavy atom. The lowest BCUT2D eigenvalue weighted by atomic mass is 10.00. The number of carbonyl (C=O) groups is 1. The zero-order valence-corrected chi connectivity index (χ0v) is 19.0. The van der Waals surface area contributed by atoms with Crippen LogP contribution in [-0.2, 0) is 11.3 Å². The molecule has 0 saturated heterocycles. The van der Waals surface area contributed by atoms with Crippen LogP contribution in [0.5, 0.6) is 5.75 Å². The molecule has 34 heavy (non-hydrogen) atoms. The highest BCUT2D eigenvalue weighted by Crippen LogP contribution is 2.35. The number of fused-ring (bicyclic) bond motifs is 1. The highest BCUT2D eigenvalue weighted by Gasteiger charge is 2.21. The van der Waals surface area contributed by atoms with E-state index in [1.54, 1.807) is 31.6 Å². The van der Waals surface area contributed by atoms with Gasteiger partial charge in [0.1, 0.15) is 11.9 Å². The number of nitrogen functional groups attached to an aromatic ring is 1. The maximum atomic E-state index is 14.0. The van der Waals surface area contributed by atoms with Gasteiger partial charge in [0.25, 0.3) is 0 Å². The molecule has 0 saturated carbocycles. The number of benzene rings is 1. The second-order valence-corrected chi connectivity index (χ2v) is 7.65. The second-order valence-electron chi connectivity index (χ2n) is 7.65. The van der Waals surface area contributed by atoms with E-state index in [9.17, 15) is 9.18 Å². The number of pyridine rings is 3. The van der Waals surface area contributed by atoms with Gasteiger partial charge >= 0.3 is 5.97 Å². The molecule has 0 aliphatic rings. The fourth-order valence-electron chi connectivity index (χ4n) is 3.81. The molecule has 9 heteroatoms. The number of anilines is 1. The van der Waals surface area contributed by atoms with Gasteiger partial charge in [-0.1, -0.05) is 0 Å². The Kier molecular flexibility index (Phi) is 6.65. The zero-order chi connectivity index (χ0) is 24.2. The Balaban J connectivity index is 1.78. The Bertz CT molecular complexity index is 1360. The van der Waals surface area contributed by atoms with E-state index < -0.39 is 17.9 Å². The minimum absolute atomic E-state index is 0.160. The van der Waals surface area contributed by atoms with Gasteiger partial charge in [0.05, 0.1) is 23.7 Å². The van der Waals surface area contributed by atoms with E-state index in [4.69, 9.17) is 15.2 Å². The van der Waals surface area contributed by atoms with E-state index in [-0.39, 0.29) is 11.4 Å². The van der Waals surface area contributed by atoms with Crippen LogP contribution in [0.1, 0.15) is 34.5 Å². The van der Waals surface area contributed by atoms with Crippen LogP contribution in [0.2, 0.25) is 0 Å². The van der Waals surface area contributed by atoms with Crippen molar-refractivity contribution in [3.8, 4) is 16.9 Å². The van der Waals surface area contributed by atoms with E-state index >= 15 is 0 Å². The standard InChI is InChI=1S/C25H24FN5O3/c1-14(19-10-17(26)6-7-18(19)25(32)33-3)34-21-9-15(12-31-24(21)27)22-16(11-28-2)13-30-20-5-4-8-29-23(20)22/h4-10,12-14,28H,11H2,1-3H3,(H2,27,31). The van der Waals surface area contributed by atoms with Crippen LogP contribution in [0.25, 0.3) is 22.2 Å². The third-order valence-corrected chi connectivity index (χ3v) is 5.40. The third-order valence-electron chi connectivity index (χ3n) is 5.40. The van der Waals surface area contributed by atoms with Gasteiger partial charge in [-0.25, -0.2) is 14.2 Å². The number of carbonyl (C=O) groups excluding carboxylic acids is 1. The molecule has 4 rings (SSSR count). The largest absolute Gasteiger partial charge is 0.482 e. The number of ether oxygens (including phenoxy) is 2. The van der Waals surface area contributed by atoms with Crippen molar-refractivity contribution in [2.45, 2.75) is 19.6 Å². The highest BCUT2D eigenvalue weighted by molar-refractivity contribution is 5.93. The topological polar surface area (TPSA) is 112 Å². The number of aromatic nitrogens is 3. The predicted molar refractivity (Wildman–Crippen MR) is 127 cm³/mol. The fourth-order valence-corrected chi connectivity index (χ4v) is 3.81. The average Bonchev–Trinajstić information content (AvgIpc) is 2.85. The second kappa shape index (κ2) is 9.80. The van der Waals surface area contributed by atoms with Crippen LogP contribution in [0.15, 0.2) is 55.0 Å². The lowest BCUT2D eigenvalue weighted by Gasteiger charge is -2.19. The van der Waals surface area contributed by atoms with Crippen LogP contribution in [0.4, 0.5) is 10.2 Å². The Morgan fingerprint density at radius 3 is 2.76 bits per heavy atom.